The number of carbonyl (C=O) groups is 1. The molecule has 0 aliphatic rings. The minimum absolute atomic E-state index is 0.102. The van der Waals surface area contributed by atoms with Crippen LogP contribution >= 0.6 is 21.6 Å². The van der Waals surface area contributed by atoms with Crippen LogP contribution in [0.15, 0.2) is 34.1 Å². The fourth-order valence-electron chi connectivity index (χ4n) is 3.02. The molecule has 0 bridgehead atoms. The topological polar surface area (TPSA) is 50.2 Å². The molecule has 0 amide bonds. The number of carboxylic acids is 1. The van der Waals surface area contributed by atoms with Crippen LogP contribution in [0.1, 0.15) is 73.9 Å². The fraction of sp³-hybridized carbons (Fsp3) is 0.455. The third-order valence-electron chi connectivity index (χ3n) is 4.52. The summed E-state index contributed by atoms with van der Waals surface area (Å²) in [6.45, 7) is 9.44. The highest BCUT2D eigenvalue weighted by molar-refractivity contribution is 8.76. The van der Waals surface area contributed by atoms with Gasteiger partial charge in [0.1, 0.15) is 5.69 Å². The first-order valence-corrected chi connectivity index (χ1v) is 11.9. The Morgan fingerprint density at radius 1 is 1.06 bits per heavy atom. The number of benzene rings is 1. The lowest BCUT2D eigenvalue weighted by atomic mass is 9.87. The molecule has 0 aliphatic carbocycles. The van der Waals surface area contributed by atoms with E-state index in [2.05, 4.69) is 4.98 Å². The van der Waals surface area contributed by atoms with E-state index in [4.69, 9.17) is 0 Å². The summed E-state index contributed by atoms with van der Waals surface area (Å²) in [6, 6.07) is 7.24. The van der Waals surface area contributed by atoms with E-state index in [1.165, 1.54) is 0 Å². The van der Waals surface area contributed by atoms with E-state index in [1.54, 1.807) is 26.0 Å². The Labute approximate surface area is 191 Å². The van der Waals surface area contributed by atoms with Crippen LogP contribution in [0.2, 0.25) is 0 Å². The number of aromatic carboxylic acids is 1. The molecule has 0 unspecified atom stereocenters. The first kappa shape index (κ1) is 26.4. The number of alkyl halides is 5. The van der Waals surface area contributed by atoms with Gasteiger partial charge in [-0.15, -0.1) is 0 Å². The highest BCUT2D eigenvalue weighted by Gasteiger charge is 2.41. The van der Waals surface area contributed by atoms with Crippen LogP contribution < -0.4 is 0 Å². The fourth-order valence-corrected chi connectivity index (χ4v) is 5.38. The van der Waals surface area contributed by atoms with E-state index in [-0.39, 0.29) is 23.3 Å². The molecular weight excluding hydrogens is 469 g/mol. The molecule has 2 rings (SSSR count). The Morgan fingerprint density at radius 3 is 2.03 bits per heavy atom. The van der Waals surface area contributed by atoms with Crippen molar-refractivity contribution in [3.63, 3.8) is 0 Å². The maximum absolute atomic E-state index is 13.8. The number of carboxylic acid groups (broad SMARTS) is 1. The summed E-state index contributed by atoms with van der Waals surface area (Å²) in [5.74, 6) is -1.99. The maximum Gasteiger partial charge on any atom is 0.434 e. The predicted molar refractivity (Wildman–Crippen MR) is 117 cm³/mol. The second kappa shape index (κ2) is 9.99. The molecule has 1 aromatic heterocycles. The van der Waals surface area contributed by atoms with Gasteiger partial charge in [0, 0.05) is 4.90 Å². The average Bonchev–Trinajstić information content (AvgIpc) is 2.64. The Bertz CT molecular complexity index is 968. The molecule has 176 valence electrons. The van der Waals surface area contributed by atoms with Crippen molar-refractivity contribution in [3.05, 3.63) is 52.3 Å². The van der Waals surface area contributed by atoms with E-state index in [1.807, 2.05) is 32.9 Å². The second-order valence-electron chi connectivity index (χ2n) is 8.67. The average molecular weight is 494 g/mol. The van der Waals surface area contributed by atoms with Crippen molar-refractivity contribution < 1.29 is 31.9 Å². The van der Waals surface area contributed by atoms with Gasteiger partial charge in [0.2, 0.25) is 0 Å². The predicted octanol–water partition coefficient (Wildman–Crippen LogP) is 8.03. The number of hydrogen-bond donors (Lipinski definition) is 1. The van der Waals surface area contributed by atoms with Crippen LogP contribution in [0.4, 0.5) is 22.0 Å². The monoisotopic (exact) mass is 493 g/mol. The number of hydrogen-bond acceptors (Lipinski definition) is 4. The molecular formula is C22H24F5NO2S2. The van der Waals surface area contributed by atoms with Gasteiger partial charge in [0.05, 0.1) is 10.5 Å². The van der Waals surface area contributed by atoms with E-state index in [9.17, 15) is 31.9 Å². The van der Waals surface area contributed by atoms with Gasteiger partial charge in [0.15, 0.2) is 5.69 Å². The van der Waals surface area contributed by atoms with E-state index < -0.39 is 40.4 Å². The van der Waals surface area contributed by atoms with Crippen LogP contribution in [0.25, 0.3) is 0 Å². The minimum Gasteiger partial charge on any atom is -0.478 e. The van der Waals surface area contributed by atoms with Crippen LogP contribution in [-0.4, -0.2) is 16.1 Å². The van der Waals surface area contributed by atoms with Crippen molar-refractivity contribution in [2.45, 2.75) is 68.8 Å². The van der Waals surface area contributed by atoms with E-state index in [0.29, 0.717) is 15.7 Å². The lowest BCUT2D eigenvalue weighted by Crippen LogP contribution is -2.20. The lowest BCUT2D eigenvalue weighted by molar-refractivity contribution is -0.143. The van der Waals surface area contributed by atoms with Crippen molar-refractivity contribution in [2.75, 3.05) is 0 Å². The molecule has 32 heavy (non-hydrogen) atoms. The normalized spacial score (nSPS) is 12.6. The molecule has 0 fully saturated rings. The number of nitrogens with zero attached hydrogens (tertiary/aromatic N) is 1. The molecule has 1 aromatic carbocycles. The van der Waals surface area contributed by atoms with Gasteiger partial charge in [-0.05, 0) is 51.8 Å². The third-order valence-corrected chi connectivity index (χ3v) is 7.00. The minimum atomic E-state index is -5.02. The highest BCUT2D eigenvalue weighted by atomic mass is 33.1. The zero-order valence-corrected chi connectivity index (χ0v) is 19.8. The zero-order valence-electron chi connectivity index (χ0n) is 18.2. The summed E-state index contributed by atoms with van der Waals surface area (Å²) in [4.78, 5) is 15.1. The number of rotatable bonds is 7. The van der Waals surface area contributed by atoms with Gasteiger partial charge in [-0.25, -0.2) is 18.6 Å². The summed E-state index contributed by atoms with van der Waals surface area (Å²) < 4.78 is 68.3. The van der Waals surface area contributed by atoms with Crippen LogP contribution in [0.5, 0.6) is 0 Å². The molecule has 0 saturated carbocycles. The van der Waals surface area contributed by atoms with E-state index in [0.717, 1.165) is 16.4 Å². The number of pyridine rings is 1. The first-order chi connectivity index (χ1) is 14.6. The van der Waals surface area contributed by atoms with Crippen LogP contribution in [0.3, 0.4) is 0 Å². The molecule has 10 heteroatoms. The summed E-state index contributed by atoms with van der Waals surface area (Å²) in [5.41, 5.74) is -3.03. The van der Waals surface area contributed by atoms with Crippen LogP contribution in [-0.2, 0) is 18.0 Å². The van der Waals surface area contributed by atoms with Crippen molar-refractivity contribution in [1.29, 1.82) is 0 Å². The molecule has 0 atom stereocenters. The van der Waals surface area contributed by atoms with Gasteiger partial charge in [-0.3, -0.25) is 0 Å². The Kier molecular flexibility index (Phi) is 8.25. The summed E-state index contributed by atoms with van der Waals surface area (Å²) in [6.07, 6.45) is -8.59. The van der Waals surface area contributed by atoms with Gasteiger partial charge < -0.3 is 5.11 Å². The SMILES string of the molecule is CC(C)Cc1c(SSc2ccc(C(C)(C)C)cc2)c(C(F)(F)F)nc(C(F)F)c1C(=O)O. The first-order valence-electron chi connectivity index (χ1n) is 9.73. The number of aromatic nitrogens is 1. The molecule has 1 N–H and O–H groups in total. The standard InChI is InChI=1S/C22H24F5NO2S2/c1-11(2)10-14-15(20(29)30)16(19(23)24)28-18(22(25,26)27)17(14)32-31-13-8-6-12(7-9-13)21(3,4)5/h6-9,11,19H,10H2,1-5H3,(H,29,30). The molecule has 2 aromatic rings. The third kappa shape index (κ3) is 6.37. The smallest absolute Gasteiger partial charge is 0.434 e. The van der Waals surface area contributed by atoms with Crippen molar-refractivity contribution >= 4 is 27.6 Å². The van der Waals surface area contributed by atoms with Gasteiger partial charge in [-0.1, -0.05) is 57.5 Å². The summed E-state index contributed by atoms with van der Waals surface area (Å²) >= 11 is 0. The molecule has 0 saturated heterocycles. The molecule has 0 radical (unpaired) electrons. The molecule has 0 spiro atoms. The van der Waals surface area contributed by atoms with Crippen molar-refractivity contribution in [2.24, 2.45) is 5.92 Å². The van der Waals surface area contributed by atoms with Crippen molar-refractivity contribution in [1.82, 2.24) is 4.98 Å². The number of halogens is 5. The molecule has 1 heterocycles. The Hall–Kier alpha value is -1.81. The summed E-state index contributed by atoms with van der Waals surface area (Å²) in [7, 11) is 1.68. The Balaban J connectivity index is 2.62. The zero-order chi connectivity index (χ0) is 24.4. The van der Waals surface area contributed by atoms with E-state index >= 15 is 0 Å². The molecule has 0 aliphatic heterocycles. The van der Waals surface area contributed by atoms with Gasteiger partial charge in [-0.2, -0.15) is 13.2 Å². The van der Waals surface area contributed by atoms with Gasteiger partial charge in [0.25, 0.3) is 6.43 Å². The Morgan fingerprint density at radius 2 is 1.62 bits per heavy atom. The largest absolute Gasteiger partial charge is 0.478 e. The second-order valence-corrected chi connectivity index (χ2v) is 10.9. The molecule has 3 nitrogen and oxygen atoms in total. The summed E-state index contributed by atoms with van der Waals surface area (Å²) in [5, 5.41) is 9.55. The quantitative estimate of drug-likeness (QED) is 0.313. The highest BCUT2D eigenvalue weighted by Crippen LogP contribution is 2.47. The lowest BCUT2D eigenvalue weighted by Gasteiger charge is -2.21. The van der Waals surface area contributed by atoms with Gasteiger partial charge >= 0.3 is 12.1 Å². The van der Waals surface area contributed by atoms with Crippen LogP contribution in [0, 0.1) is 5.92 Å². The van der Waals surface area contributed by atoms with Crippen molar-refractivity contribution in [3.8, 4) is 0 Å². The maximum atomic E-state index is 13.8.